The lowest BCUT2D eigenvalue weighted by atomic mass is 10.1. The minimum atomic E-state index is 0.460. The highest BCUT2D eigenvalue weighted by Crippen LogP contribution is 2.30. The second-order valence-corrected chi connectivity index (χ2v) is 6.43. The maximum absolute atomic E-state index is 5.77. The molecule has 3 rings (SSSR count). The Morgan fingerprint density at radius 1 is 1.19 bits per heavy atom. The third-order valence-corrected chi connectivity index (χ3v) is 5.00. The van der Waals surface area contributed by atoms with Crippen molar-refractivity contribution in [1.82, 2.24) is 9.88 Å². The Morgan fingerprint density at radius 3 is 2.67 bits per heavy atom. The average molecular weight is 349 g/mol. The molecule has 21 heavy (non-hydrogen) atoms. The molecule has 0 radical (unpaired) electrons. The van der Waals surface area contributed by atoms with Crippen molar-refractivity contribution in [3.8, 4) is 0 Å². The number of hydrogen-bond donors (Lipinski definition) is 1. The van der Waals surface area contributed by atoms with Gasteiger partial charge in [-0.15, -0.1) is 0 Å². The number of aromatic nitrogens is 1. The standard InChI is InChI=1S/C16H21BrN4/c1-12(11-18)20-7-9-21(10-8-20)16-14-3-2-4-15(17)13(14)5-6-19-16/h2-6,12H,7-11,18H2,1H3. The van der Waals surface area contributed by atoms with E-state index in [1.807, 2.05) is 6.20 Å². The van der Waals surface area contributed by atoms with Gasteiger partial charge in [-0.2, -0.15) is 0 Å². The molecule has 1 saturated heterocycles. The summed E-state index contributed by atoms with van der Waals surface area (Å²) in [7, 11) is 0. The Bertz CT molecular complexity index is 623. The Balaban J connectivity index is 1.84. The number of pyridine rings is 1. The van der Waals surface area contributed by atoms with E-state index in [1.165, 1.54) is 10.8 Å². The van der Waals surface area contributed by atoms with E-state index in [0.29, 0.717) is 6.04 Å². The van der Waals surface area contributed by atoms with E-state index in [-0.39, 0.29) is 0 Å². The van der Waals surface area contributed by atoms with Crippen LogP contribution in [0.3, 0.4) is 0 Å². The average Bonchev–Trinajstić information content (AvgIpc) is 2.54. The van der Waals surface area contributed by atoms with Gasteiger partial charge < -0.3 is 10.6 Å². The van der Waals surface area contributed by atoms with Gasteiger partial charge in [-0.25, -0.2) is 4.98 Å². The molecule has 1 atom stereocenters. The number of benzene rings is 1. The second-order valence-electron chi connectivity index (χ2n) is 5.58. The van der Waals surface area contributed by atoms with Crippen LogP contribution in [0.15, 0.2) is 34.9 Å². The van der Waals surface area contributed by atoms with Crippen molar-refractivity contribution in [3.63, 3.8) is 0 Å². The number of nitrogens with two attached hydrogens (primary N) is 1. The van der Waals surface area contributed by atoms with Crippen LogP contribution in [0.5, 0.6) is 0 Å². The number of halogens is 1. The summed E-state index contributed by atoms with van der Waals surface area (Å²) in [6, 6.07) is 8.83. The molecule has 5 heteroatoms. The summed E-state index contributed by atoms with van der Waals surface area (Å²) >= 11 is 3.62. The molecule has 2 N–H and O–H groups in total. The molecule has 1 aliphatic rings. The highest BCUT2D eigenvalue weighted by Gasteiger charge is 2.22. The quantitative estimate of drug-likeness (QED) is 0.925. The van der Waals surface area contributed by atoms with Crippen LogP contribution in [0.25, 0.3) is 10.8 Å². The molecule has 4 nitrogen and oxygen atoms in total. The van der Waals surface area contributed by atoms with E-state index < -0.39 is 0 Å². The molecule has 1 aromatic heterocycles. The number of fused-ring (bicyclic) bond motifs is 1. The summed E-state index contributed by atoms with van der Waals surface area (Å²) < 4.78 is 1.12. The van der Waals surface area contributed by atoms with Crippen molar-refractivity contribution in [2.75, 3.05) is 37.6 Å². The Morgan fingerprint density at radius 2 is 1.95 bits per heavy atom. The van der Waals surface area contributed by atoms with Gasteiger partial charge >= 0.3 is 0 Å². The number of anilines is 1. The molecule has 0 aliphatic carbocycles. The molecule has 1 aromatic carbocycles. The van der Waals surface area contributed by atoms with Crippen molar-refractivity contribution in [3.05, 3.63) is 34.9 Å². The van der Waals surface area contributed by atoms with Crippen LogP contribution in [0, 0.1) is 0 Å². The van der Waals surface area contributed by atoms with E-state index in [0.717, 1.165) is 43.0 Å². The molecule has 0 amide bonds. The van der Waals surface area contributed by atoms with Gasteiger partial charge in [0.05, 0.1) is 0 Å². The Labute approximate surface area is 134 Å². The predicted octanol–water partition coefficient (Wildman–Crippen LogP) is 2.47. The van der Waals surface area contributed by atoms with Crippen molar-refractivity contribution < 1.29 is 0 Å². The maximum Gasteiger partial charge on any atom is 0.136 e. The van der Waals surface area contributed by atoms with Crippen LogP contribution in [-0.2, 0) is 0 Å². The zero-order valence-corrected chi connectivity index (χ0v) is 13.9. The lowest BCUT2D eigenvalue weighted by Gasteiger charge is -2.38. The zero-order valence-electron chi connectivity index (χ0n) is 12.3. The Hall–Kier alpha value is -1.17. The summed E-state index contributed by atoms with van der Waals surface area (Å²) in [5, 5.41) is 2.44. The molecule has 0 spiro atoms. The lowest BCUT2D eigenvalue weighted by molar-refractivity contribution is 0.201. The van der Waals surface area contributed by atoms with Crippen LogP contribution in [0.4, 0.5) is 5.82 Å². The van der Waals surface area contributed by atoms with Gasteiger partial charge in [-0.3, -0.25) is 4.90 Å². The van der Waals surface area contributed by atoms with E-state index in [2.05, 4.69) is 61.9 Å². The SMILES string of the molecule is CC(CN)N1CCN(c2nccc3c(Br)cccc23)CC1. The molecule has 0 bridgehead atoms. The largest absolute Gasteiger partial charge is 0.354 e. The lowest BCUT2D eigenvalue weighted by Crippen LogP contribution is -2.51. The van der Waals surface area contributed by atoms with Gasteiger partial charge in [0.2, 0.25) is 0 Å². The van der Waals surface area contributed by atoms with Gasteiger partial charge in [0.1, 0.15) is 5.82 Å². The van der Waals surface area contributed by atoms with E-state index in [1.54, 1.807) is 0 Å². The monoisotopic (exact) mass is 348 g/mol. The van der Waals surface area contributed by atoms with Crippen molar-refractivity contribution in [2.24, 2.45) is 5.73 Å². The van der Waals surface area contributed by atoms with E-state index in [9.17, 15) is 0 Å². The van der Waals surface area contributed by atoms with Crippen molar-refractivity contribution >= 4 is 32.5 Å². The number of piperazine rings is 1. The maximum atomic E-state index is 5.77. The molecule has 1 fully saturated rings. The third kappa shape index (κ3) is 2.91. The Kier molecular flexibility index (Phi) is 4.42. The van der Waals surface area contributed by atoms with Gasteiger partial charge in [-0.05, 0) is 19.1 Å². The first-order valence-electron chi connectivity index (χ1n) is 7.43. The summed E-state index contributed by atoms with van der Waals surface area (Å²) in [5.41, 5.74) is 5.77. The van der Waals surface area contributed by atoms with Crippen LogP contribution in [-0.4, -0.2) is 48.6 Å². The van der Waals surface area contributed by atoms with E-state index >= 15 is 0 Å². The van der Waals surface area contributed by atoms with Crippen LogP contribution in [0.2, 0.25) is 0 Å². The molecule has 2 heterocycles. The predicted molar refractivity (Wildman–Crippen MR) is 91.7 cm³/mol. The summed E-state index contributed by atoms with van der Waals surface area (Å²) in [4.78, 5) is 9.46. The highest BCUT2D eigenvalue weighted by molar-refractivity contribution is 9.10. The fraction of sp³-hybridized carbons (Fsp3) is 0.438. The second kappa shape index (κ2) is 6.30. The fourth-order valence-corrected chi connectivity index (χ4v) is 3.43. The number of hydrogen-bond acceptors (Lipinski definition) is 4. The molecule has 1 unspecified atom stereocenters. The topological polar surface area (TPSA) is 45.4 Å². The van der Waals surface area contributed by atoms with Crippen molar-refractivity contribution in [2.45, 2.75) is 13.0 Å². The first kappa shape index (κ1) is 14.8. The molecule has 1 aliphatic heterocycles. The molecular formula is C16H21BrN4. The molecule has 112 valence electrons. The number of rotatable bonds is 3. The summed E-state index contributed by atoms with van der Waals surface area (Å²) in [5.74, 6) is 1.09. The zero-order chi connectivity index (χ0) is 14.8. The van der Waals surface area contributed by atoms with E-state index in [4.69, 9.17) is 5.73 Å². The minimum Gasteiger partial charge on any atom is -0.354 e. The van der Waals surface area contributed by atoms with Crippen LogP contribution in [0.1, 0.15) is 6.92 Å². The van der Waals surface area contributed by atoms with Crippen LogP contribution >= 0.6 is 15.9 Å². The third-order valence-electron chi connectivity index (χ3n) is 4.31. The van der Waals surface area contributed by atoms with Crippen LogP contribution < -0.4 is 10.6 Å². The van der Waals surface area contributed by atoms with Gasteiger partial charge in [-0.1, -0.05) is 28.1 Å². The molecular weight excluding hydrogens is 328 g/mol. The minimum absolute atomic E-state index is 0.460. The fourth-order valence-electron chi connectivity index (χ4n) is 2.93. The molecule has 2 aromatic rings. The first-order valence-corrected chi connectivity index (χ1v) is 8.22. The molecule has 0 saturated carbocycles. The van der Waals surface area contributed by atoms with Crippen molar-refractivity contribution in [1.29, 1.82) is 0 Å². The van der Waals surface area contributed by atoms with Gasteiger partial charge in [0, 0.05) is 60.2 Å². The van der Waals surface area contributed by atoms with Gasteiger partial charge in [0.25, 0.3) is 0 Å². The normalized spacial score (nSPS) is 18.1. The highest BCUT2D eigenvalue weighted by atomic mass is 79.9. The van der Waals surface area contributed by atoms with Gasteiger partial charge in [0.15, 0.2) is 0 Å². The smallest absolute Gasteiger partial charge is 0.136 e. The first-order chi connectivity index (χ1) is 10.2. The summed E-state index contributed by atoms with van der Waals surface area (Å²) in [6.45, 7) is 7.02. The summed E-state index contributed by atoms with van der Waals surface area (Å²) in [6.07, 6.45) is 1.90. The number of nitrogens with zero attached hydrogens (tertiary/aromatic N) is 3.